The van der Waals surface area contributed by atoms with Gasteiger partial charge < -0.3 is 4.90 Å². The zero-order valence-corrected chi connectivity index (χ0v) is 20.4. The Balaban J connectivity index is 1.36. The normalized spacial score (nSPS) is 20.5. The Morgan fingerprint density at radius 1 is 0.971 bits per heavy atom. The van der Waals surface area contributed by atoms with Gasteiger partial charge in [0, 0.05) is 17.5 Å². The van der Waals surface area contributed by atoms with Crippen LogP contribution in [0.25, 0.3) is 27.6 Å². The molecule has 1 saturated carbocycles. The number of hydrogen-bond donors (Lipinski definition) is 0. The van der Waals surface area contributed by atoms with Crippen molar-refractivity contribution >= 4 is 55.1 Å². The van der Waals surface area contributed by atoms with Crippen LogP contribution in [-0.4, -0.2) is 62.9 Å². The number of hydrogen-bond acceptors (Lipinski definition) is 6. The van der Waals surface area contributed by atoms with Gasteiger partial charge >= 0.3 is 0 Å². The summed E-state index contributed by atoms with van der Waals surface area (Å²) >= 11 is 1.41. The van der Waals surface area contributed by atoms with Gasteiger partial charge in [-0.1, -0.05) is 48.9 Å². The fraction of sp³-hybridized carbons (Fsp3) is 0.400. The molecule has 1 amide bonds. The van der Waals surface area contributed by atoms with Crippen molar-refractivity contribution in [1.82, 2.24) is 19.3 Å². The minimum Gasteiger partial charge on any atom is -0.335 e. The maximum absolute atomic E-state index is 13.6. The quantitative estimate of drug-likeness (QED) is 0.307. The van der Waals surface area contributed by atoms with E-state index >= 15 is 0 Å². The summed E-state index contributed by atoms with van der Waals surface area (Å²) < 4.78 is 26.4. The molecule has 4 aromatic rings. The number of aromatic nitrogens is 3. The molecule has 2 aliphatic rings. The van der Waals surface area contributed by atoms with E-state index in [1.807, 2.05) is 57.8 Å². The largest absolute Gasteiger partial charge is 0.335 e. The number of thioether (sulfide) groups is 1. The number of para-hydroxylation sites is 3. The summed E-state index contributed by atoms with van der Waals surface area (Å²) in [6, 6.07) is 15.8. The van der Waals surface area contributed by atoms with E-state index in [4.69, 9.17) is 9.97 Å². The molecule has 7 nitrogen and oxygen atoms in total. The first-order valence-corrected chi connectivity index (χ1v) is 14.6. The van der Waals surface area contributed by atoms with Gasteiger partial charge in [-0.3, -0.25) is 9.20 Å². The van der Waals surface area contributed by atoms with Crippen molar-refractivity contribution in [1.29, 1.82) is 0 Å². The van der Waals surface area contributed by atoms with Crippen LogP contribution in [0.4, 0.5) is 0 Å². The number of carbonyl (C=O) groups excluding carboxylic acids is 1. The fourth-order valence-corrected chi connectivity index (χ4v) is 8.08. The predicted molar refractivity (Wildman–Crippen MR) is 135 cm³/mol. The SMILES string of the molecule is O=C(CSc1nc2ccccc2c2nc3ccccc3n12)N(C1CCCC1)[C@H]1CCS(=O)(=O)C1. The van der Waals surface area contributed by atoms with Gasteiger partial charge in [-0.15, -0.1) is 0 Å². The molecule has 1 atom stereocenters. The van der Waals surface area contributed by atoms with E-state index < -0.39 is 9.84 Å². The molecule has 2 aromatic carbocycles. The smallest absolute Gasteiger partial charge is 0.233 e. The van der Waals surface area contributed by atoms with Gasteiger partial charge in [-0.2, -0.15) is 0 Å². The third kappa shape index (κ3) is 3.84. The second-order valence-electron chi connectivity index (χ2n) is 9.26. The molecule has 0 radical (unpaired) electrons. The van der Waals surface area contributed by atoms with E-state index in [0.717, 1.165) is 58.4 Å². The highest BCUT2D eigenvalue weighted by atomic mass is 32.2. The monoisotopic (exact) mass is 494 g/mol. The highest BCUT2D eigenvalue weighted by Gasteiger charge is 2.39. The van der Waals surface area contributed by atoms with E-state index in [2.05, 4.69) is 0 Å². The summed E-state index contributed by atoms with van der Waals surface area (Å²) in [6.07, 6.45) is 4.64. The number of nitrogens with zero attached hydrogens (tertiary/aromatic N) is 4. The number of sulfone groups is 1. The van der Waals surface area contributed by atoms with Crippen molar-refractivity contribution in [2.45, 2.75) is 49.3 Å². The van der Waals surface area contributed by atoms with Crippen molar-refractivity contribution in [2.24, 2.45) is 0 Å². The van der Waals surface area contributed by atoms with Gasteiger partial charge in [-0.05, 0) is 43.5 Å². The number of rotatable bonds is 5. The molecule has 176 valence electrons. The van der Waals surface area contributed by atoms with Crippen molar-refractivity contribution < 1.29 is 13.2 Å². The summed E-state index contributed by atoms with van der Waals surface area (Å²) in [5, 5.41) is 1.69. The van der Waals surface area contributed by atoms with E-state index in [1.165, 1.54) is 11.8 Å². The highest BCUT2D eigenvalue weighted by molar-refractivity contribution is 7.99. The Bertz CT molecular complexity index is 1510. The minimum absolute atomic E-state index is 0.00605. The second-order valence-corrected chi connectivity index (χ2v) is 12.4. The van der Waals surface area contributed by atoms with Crippen molar-refractivity contribution in [3.63, 3.8) is 0 Å². The number of carbonyl (C=O) groups is 1. The molecule has 34 heavy (non-hydrogen) atoms. The van der Waals surface area contributed by atoms with Crippen LogP contribution in [0.1, 0.15) is 32.1 Å². The van der Waals surface area contributed by atoms with E-state index in [0.29, 0.717) is 6.42 Å². The first-order valence-electron chi connectivity index (χ1n) is 11.8. The van der Waals surface area contributed by atoms with Gasteiger partial charge in [0.05, 0.1) is 33.8 Å². The highest BCUT2D eigenvalue weighted by Crippen LogP contribution is 2.32. The summed E-state index contributed by atoms with van der Waals surface area (Å²) in [4.78, 5) is 25.2. The lowest BCUT2D eigenvalue weighted by atomic mass is 10.1. The van der Waals surface area contributed by atoms with Gasteiger partial charge in [0.15, 0.2) is 15.0 Å². The Hall–Kier alpha value is -2.65. The Morgan fingerprint density at radius 3 is 2.47 bits per heavy atom. The molecule has 3 heterocycles. The van der Waals surface area contributed by atoms with Crippen LogP contribution in [-0.2, 0) is 14.6 Å². The molecular weight excluding hydrogens is 468 g/mol. The summed E-state index contributed by atoms with van der Waals surface area (Å²) in [5.41, 5.74) is 3.52. The van der Waals surface area contributed by atoms with E-state index in [1.54, 1.807) is 0 Å². The van der Waals surface area contributed by atoms with Crippen LogP contribution in [0.2, 0.25) is 0 Å². The zero-order chi connectivity index (χ0) is 23.3. The molecular formula is C25H26N4O3S2. The summed E-state index contributed by atoms with van der Waals surface area (Å²) in [5.74, 6) is 0.492. The molecule has 1 aliphatic heterocycles. The number of imidazole rings is 1. The van der Waals surface area contributed by atoms with Crippen LogP contribution in [0.5, 0.6) is 0 Å². The molecule has 6 rings (SSSR count). The van der Waals surface area contributed by atoms with Crippen LogP contribution in [0.3, 0.4) is 0 Å². The summed E-state index contributed by atoms with van der Waals surface area (Å²) in [7, 11) is -3.07. The van der Waals surface area contributed by atoms with Gasteiger partial charge in [-0.25, -0.2) is 18.4 Å². The lowest BCUT2D eigenvalue weighted by molar-refractivity contribution is -0.132. The standard InChI is InChI=1S/C25H26N4O3S2/c30-23(28(17-7-1-2-8-17)18-13-14-34(31,32)16-18)15-33-25-27-20-10-4-3-9-19(20)24-26-21-11-5-6-12-22(21)29(24)25/h3-6,9-12,17-18H,1-2,7-8,13-16H2/t18-/m0/s1. The van der Waals surface area contributed by atoms with Crippen LogP contribution < -0.4 is 0 Å². The molecule has 2 fully saturated rings. The minimum atomic E-state index is -3.07. The third-order valence-corrected chi connectivity index (χ3v) is 9.72. The Kier molecular flexibility index (Phi) is 5.49. The first-order chi connectivity index (χ1) is 16.5. The Morgan fingerprint density at radius 2 is 1.71 bits per heavy atom. The maximum Gasteiger partial charge on any atom is 0.233 e. The maximum atomic E-state index is 13.6. The van der Waals surface area contributed by atoms with Crippen LogP contribution in [0.15, 0.2) is 53.7 Å². The Labute approximate surface area is 202 Å². The third-order valence-electron chi connectivity index (χ3n) is 7.05. The second kappa shape index (κ2) is 8.53. The van der Waals surface area contributed by atoms with Crippen LogP contribution >= 0.6 is 11.8 Å². The number of benzene rings is 2. The number of amides is 1. The molecule has 1 aliphatic carbocycles. The summed E-state index contributed by atoms with van der Waals surface area (Å²) in [6.45, 7) is 0. The molecule has 0 bridgehead atoms. The molecule has 9 heteroatoms. The molecule has 0 unspecified atom stereocenters. The topological polar surface area (TPSA) is 84.6 Å². The molecule has 0 N–H and O–H groups in total. The van der Waals surface area contributed by atoms with Crippen molar-refractivity contribution in [2.75, 3.05) is 17.3 Å². The van der Waals surface area contributed by atoms with Crippen LogP contribution in [0, 0.1) is 0 Å². The lowest BCUT2D eigenvalue weighted by Gasteiger charge is -2.34. The lowest BCUT2D eigenvalue weighted by Crippen LogP contribution is -2.47. The average molecular weight is 495 g/mol. The predicted octanol–water partition coefficient (Wildman–Crippen LogP) is 4.09. The molecule has 1 saturated heterocycles. The number of fused-ring (bicyclic) bond motifs is 5. The van der Waals surface area contributed by atoms with Crippen molar-refractivity contribution in [3.05, 3.63) is 48.5 Å². The van der Waals surface area contributed by atoms with E-state index in [-0.39, 0.29) is 35.2 Å². The zero-order valence-electron chi connectivity index (χ0n) is 18.8. The molecule has 2 aromatic heterocycles. The average Bonchev–Trinajstić information content (AvgIpc) is 3.57. The first kappa shape index (κ1) is 21.9. The molecule has 0 spiro atoms. The van der Waals surface area contributed by atoms with E-state index in [9.17, 15) is 13.2 Å². The van der Waals surface area contributed by atoms with Gasteiger partial charge in [0.25, 0.3) is 0 Å². The van der Waals surface area contributed by atoms with Gasteiger partial charge in [0.2, 0.25) is 5.91 Å². The fourth-order valence-electron chi connectivity index (χ4n) is 5.49. The van der Waals surface area contributed by atoms with Gasteiger partial charge in [0.1, 0.15) is 5.65 Å². The van der Waals surface area contributed by atoms with Crippen molar-refractivity contribution in [3.8, 4) is 0 Å².